The monoisotopic (exact) mass is 404 g/mol. The second-order valence-corrected chi connectivity index (χ2v) is 7.30. The van der Waals surface area contributed by atoms with E-state index >= 15 is 0 Å². The van der Waals surface area contributed by atoms with Crippen LogP contribution in [0.25, 0.3) is 0 Å². The molecule has 0 unspecified atom stereocenters. The minimum absolute atomic E-state index is 0.0192. The van der Waals surface area contributed by atoms with Crippen molar-refractivity contribution in [3.63, 3.8) is 0 Å². The summed E-state index contributed by atoms with van der Waals surface area (Å²) in [5.74, 6) is -0.233. The minimum atomic E-state index is -4.36. The molecular weight excluding hydrogens is 381 g/mol. The molecule has 0 atom stereocenters. The third kappa shape index (κ3) is 5.37. The number of alkyl halides is 3. The fourth-order valence-electron chi connectivity index (χ4n) is 3.52. The third-order valence-corrected chi connectivity index (χ3v) is 5.26. The van der Waals surface area contributed by atoms with E-state index in [0.717, 1.165) is 23.3 Å². The maximum Gasteiger partial charge on any atom is 0.416 e. The number of piperidine rings is 1. The Hall–Kier alpha value is -2.83. The number of amides is 2. The molecule has 1 N–H and O–H groups in total. The predicted molar refractivity (Wildman–Crippen MR) is 104 cm³/mol. The van der Waals surface area contributed by atoms with Crippen LogP contribution in [0, 0.1) is 5.92 Å². The van der Waals surface area contributed by atoms with Gasteiger partial charge in [-0.3, -0.25) is 9.59 Å². The molecule has 1 aliphatic heterocycles. The summed E-state index contributed by atoms with van der Waals surface area (Å²) in [4.78, 5) is 25.8. The molecule has 154 valence electrons. The number of anilines is 1. The van der Waals surface area contributed by atoms with Crippen molar-refractivity contribution in [2.45, 2.75) is 32.4 Å². The van der Waals surface area contributed by atoms with Crippen LogP contribution in [-0.4, -0.2) is 29.8 Å². The zero-order valence-electron chi connectivity index (χ0n) is 16.1. The van der Waals surface area contributed by atoms with Gasteiger partial charge in [0, 0.05) is 31.6 Å². The van der Waals surface area contributed by atoms with Crippen LogP contribution in [0.4, 0.5) is 18.9 Å². The highest BCUT2D eigenvalue weighted by molar-refractivity contribution is 5.93. The van der Waals surface area contributed by atoms with Crippen molar-refractivity contribution in [3.05, 3.63) is 65.2 Å². The Kier molecular flexibility index (Phi) is 6.25. The second kappa shape index (κ2) is 8.68. The second-order valence-electron chi connectivity index (χ2n) is 7.30. The van der Waals surface area contributed by atoms with Gasteiger partial charge in [-0.05, 0) is 48.6 Å². The zero-order valence-corrected chi connectivity index (χ0v) is 16.1. The van der Waals surface area contributed by atoms with Crippen LogP contribution in [0.2, 0.25) is 0 Å². The molecule has 0 saturated carbocycles. The average Bonchev–Trinajstić information content (AvgIpc) is 2.69. The lowest BCUT2D eigenvalue weighted by molar-refractivity contribution is -0.137. The topological polar surface area (TPSA) is 49.4 Å². The van der Waals surface area contributed by atoms with E-state index in [-0.39, 0.29) is 17.7 Å². The summed E-state index contributed by atoms with van der Waals surface area (Å²) in [6, 6.07) is 12.3. The summed E-state index contributed by atoms with van der Waals surface area (Å²) in [5.41, 5.74) is 1.54. The number of rotatable bonds is 4. The van der Waals surface area contributed by atoms with Crippen molar-refractivity contribution in [2.75, 3.05) is 18.4 Å². The van der Waals surface area contributed by atoms with E-state index < -0.39 is 11.7 Å². The maximum absolute atomic E-state index is 12.7. The van der Waals surface area contributed by atoms with E-state index in [4.69, 9.17) is 0 Å². The van der Waals surface area contributed by atoms with Crippen LogP contribution < -0.4 is 5.32 Å². The van der Waals surface area contributed by atoms with Gasteiger partial charge in [-0.1, -0.05) is 30.3 Å². The first-order chi connectivity index (χ1) is 13.7. The normalized spacial score (nSPS) is 15.2. The molecule has 2 aromatic rings. The van der Waals surface area contributed by atoms with Crippen molar-refractivity contribution in [2.24, 2.45) is 5.92 Å². The van der Waals surface area contributed by atoms with Gasteiger partial charge in [-0.25, -0.2) is 0 Å². The highest BCUT2D eigenvalue weighted by Gasteiger charge is 2.30. The number of benzene rings is 2. The number of nitrogens with one attached hydrogen (secondary N) is 1. The molecule has 4 nitrogen and oxygen atoms in total. The fraction of sp³-hybridized carbons (Fsp3) is 0.364. The summed E-state index contributed by atoms with van der Waals surface area (Å²) in [6.07, 6.45) is -2.71. The Morgan fingerprint density at radius 2 is 1.66 bits per heavy atom. The number of hydrogen-bond donors (Lipinski definition) is 1. The number of carbonyl (C=O) groups is 2. The molecule has 0 radical (unpaired) electrons. The van der Waals surface area contributed by atoms with Gasteiger partial charge in [0.25, 0.3) is 0 Å². The van der Waals surface area contributed by atoms with E-state index in [1.807, 2.05) is 18.2 Å². The number of nitrogens with zero attached hydrogens (tertiary/aromatic N) is 1. The van der Waals surface area contributed by atoms with Crippen molar-refractivity contribution >= 4 is 17.5 Å². The fourth-order valence-corrected chi connectivity index (χ4v) is 3.52. The number of hydrogen-bond acceptors (Lipinski definition) is 2. The van der Waals surface area contributed by atoms with Gasteiger partial charge in [0.15, 0.2) is 0 Å². The van der Waals surface area contributed by atoms with Crippen LogP contribution in [0.15, 0.2) is 48.5 Å². The standard InChI is InChI=1S/C22H23F3N2O2/c1-15(28)27-12-10-17(11-13-27)21(29)26-20-5-3-2-4-18(20)14-16-6-8-19(9-7-16)22(23,24)25/h2-9,17H,10-14H2,1H3,(H,26,29). The van der Waals surface area contributed by atoms with Gasteiger partial charge in [0.05, 0.1) is 5.56 Å². The Morgan fingerprint density at radius 1 is 1.03 bits per heavy atom. The molecular formula is C22H23F3N2O2. The number of likely N-dealkylation sites (tertiary alicyclic amines) is 1. The SMILES string of the molecule is CC(=O)N1CCC(C(=O)Nc2ccccc2Cc2ccc(C(F)(F)F)cc2)CC1. The Labute approximate surface area is 167 Å². The highest BCUT2D eigenvalue weighted by Crippen LogP contribution is 2.30. The quantitative estimate of drug-likeness (QED) is 0.816. The molecule has 1 saturated heterocycles. The molecule has 1 heterocycles. The van der Waals surface area contributed by atoms with Crippen LogP contribution in [0.5, 0.6) is 0 Å². The lowest BCUT2D eigenvalue weighted by atomic mass is 9.95. The number of carbonyl (C=O) groups excluding carboxylic acids is 2. The first kappa shape index (κ1) is 20.9. The van der Waals surface area contributed by atoms with E-state index in [0.29, 0.717) is 38.0 Å². The van der Waals surface area contributed by atoms with Crippen LogP contribution in [-0.2, 0) is 22.2 Å². The van der Waals surface area contributed by atoms with Gasteiger partial charge in [0.1, 0.15) is 0 Å². The van der Waals surface area contributed by atoms with Gasteiger partial charge in [0.2, 0.25) is 11.8 Å². The van der Waals surface area contributed by atoms with Crippen LogP contribution >= 0.6 is 0 Å². The summed E-state index contributed by atoms with van der Waals surface area (Å²) < 4.78 is 38.2. The summed E-state index contributed by atoms with van der Waals surface area (Å²) in [7, 11) is 0. The third-order valence-electron chi connectivity index (χ3n) is 5.26. The summed E-state index contributed by atoms with van der Waals surface area (Å²) >= 11 is 0. The molecule has 29 heavy (non-hydrogen) atoms. The van der Waals surface area contributed by atoms with E-state index in [9.17, 15) is 22.8 Å². The molecule has 0 bridgehead atoms. The van der Waals surface area contributed by atoms with Gasteiger partial charge in [-0.2, -0.15) is 13.2 Å². The molecule has 0 aliphatic carbocycles. The molecule has 2 amide bonds. The highest BCUT2D eigenvalue weighted by atomic mass is 19.4. The summed E-state index contributed by atoms with van der Waals surface area (Å²) in [5, 5.41) is 2.96. The van der Waals surface area contributed by atoms with Crippen molar-refractivity contribution in [1.82, 2.24) is 4.90 Å². The molecule has 0 spiro atoms. The van der Waals surface area contributed by atoms with Crippen molar-refractivity contribution in [3.8, 4) is 0 Å². The molecule has 3 rings (SSSR count). The van der Waals surface area contributed by atoms with Crippen LogP contribution in [0.1, 0.15) is 36.5 Å². The first-order valence-electron chi connectivity index (χ1n) is 9.54. The lowest BCUT2D eigenvalue weighted by Gasteiger charge is -2.30. The van der Waals surface area contributed by atoms with E-state index in [1.165, 1.54) is 19.1 Å². The van der Waals surface area contributed by atoms with Gasteiger partial charge >= 0.3 is 6.18 Å². The lowest BCUT2D eigenvalue weighted by Crippen LogP contribution is -2.40. The average molecular weight is 404 g/mol. The summed E-state index contributed by atoms with van der Waals surface area (Å²) in [6.45, 7) is 2.67. The van der Waals surface area contributed by atoms with Crippen LogP contribution in [0.3, 0.4) is 0 Å². The number of para-hydroxylation sites is 1. The molecule has 1 fully saturated rings. The first-order valence-corrected chi connectivity index (χ1v) is 9.54. The van der Waals surface area contributed by atoms with Gasteiger partial charge in [-0.15, -0.1) is 0 Å². The predicted octanol–water partition coefficient (Wildman–Crippen LogP) is 4.49. The smallest absolute Gasteiger partial charge is 0.343 e. The molecule has 2 aromatic carbocycles. The van der Waals surface area contributed by atoms with E-state index in [2.05, 4.69) is 5.32 Å². The minimum Gasteiger partial charge on any atom is -0.343 e. The van der Waals surface area contributed by atoms with Gasteiger partial charge < -0.3 is 10.2 Å². The van der Waals surface area contributed by atoms with Crippen molar-refractivity contribution in [1.29, 1.82) is 0 Å². The molecule has 1 aliphatic rings. The maximum atomic E-state index is 12.7. The van der Waals surface area contributed by atoms with Crippen molar-refractivity contribution < 1.29 is 22.8 Å². The zero-order chi connectivity index (χ0) is 21.0. The molecule has 7 heteroatoms. The van der Waals surface area contributed by atoms with E-state index in [1.54, 1.807) is 11.0 Å². The largest absolute Gasteiger partial charge is 0.416 e. The Morgan fingerprint density at radius 3 is 2.24 bits per heavy atom. The number of halogens is 3. The Balaban J connectivity index is 1.66. The Bertz CT molecular complexity index is 870. The molecule has 0 aromatic heterocycles.